The molecule has 0 heterocycles. The van der Waals surface area contributed by atoms with Crippen LogP contribution in [0.3, 0.4) is 0 Å². The monoisotopic (exact) mass is 281 g/mol. The van der Waals surface area contributed by atoms with Crippen molar-refractivity contribution in [1.82, 2.24) is 0 Å². The molecular formula is C16H21F2NO. The summed E-state index contributed by atoms with van der Waals surface area (Å²) in [5, 5.41) is 0. The first-order valence-electron chi connectivity index (χ1n) is 6.64. The molecule has 0 amide bonds. The maximum absolute atomic E-state index is 13.2. The number of halogens is 2. The second kappa shape index (κ2) is 9.78. The Kier molecular flexibility index (Phi) is 8.75. The molecule has 0 aromatic heterocycles. The molecule has 110 valence electrons. The van der Waals surface area contributed by atoms with Crippen molar-refractivity contribution in [3.05, 3.63) is 54.1 Å². The molecular weight excluding hydrogens is 260 g/mol. The fourth-order valence-electron chi connectivity index (χ4n) is 1.23. The molecule has 4 heteroatoms. The summed E-state index contributed by atoms with van der Waals surface area (Å²) in [6, 6.07) is 9.82. The van der Waals surface area contributed by atoms with Crippen LogP contribution < -0.4 is 10.5 Å². The van der Waals surface area contributed by atoms with Crippen molar-refractivity contribution in [1.29, 1.82) is 0 Å². The van der Waals surface area contributed by atoms with Gasteiger partial charge >= 0.3 is 0 Å². The molecule has 0 radical (unpaired) electrons. The van der Waals surface area contributed by atoms with E-state index in [0.717, 1.165) is 12.1 Å². The van der Waals surface area contributed by atoms with E-state index in [-0.39, 0.29) is 0 Å². The molecule has 2 nitrogen and oxygen atoms in total. The summed E-state index contributed by atoms with van der Waals surface area (Å²) in [5.41, 5.74) is 6.03. The highest BCUT2D eigenvalue weighted by Gasteiger charge is 2.10. The predicted octanol–water partition coefficient (Wildman–Crippen LogP) is 5.39. The van der Waals surface area contributed by atoms with Crippen LogP contribution in [0.15, 0.2) is 42.5 Å². The van der Waals surface area contributed by atoms with Crippen LogP contribution in [0.2, 0.25) is 0 Å². The molecule has 0 spiro atoms. The molecule has 2 N–H and O–H groups in total. The minimum absolute atomic E-state index is 0.332. The summed E-state index contributed by atoms with van der Waals surface area (Å²) in [6.45, 7) is 8.00. The lowest BCUT2D eigenvalue weighted by molar-refractivity contribution is 0.407. The average Bonchev–Trinajstić information content (AvgIpc) is 2.49. The van der Waals surface area contributed by atoms with E-state index in [1.165, 1.54) is 6.07 Å². The first-order chi connectivity index (χ1) is 9.66. The van der Waals surface area contributed by atoms with E-state index in [0.29, 0.717) is 11.4 Å². The van der Waals surface area contributed by atoms with Gasteiger partial charge in [0.2, 0.25) is 0 Å². The molecule has 0 atom stereocenters. The SMILES string of the molecule is CC.CC.Nc1ccc(Oc2c(F)cccc2F)cc1. The highest BCUT2D eigenvalue weighted by atomic mass is 19.1. The summed E-state index contributed by atoms with van der Waals surface area (Å²) in [5.74, 6) is -1.56. The quantitative estimate of drug-likeness (QED) is 0.749. The van der Waals surface area contributed by atoms with Crippen molar-refractivity contribution in [3.8, 4) is 11.5 Å². The number of hydrogen-bond donors (Lipinski definition) is 1. The molecule has 2 aromatic rings. The maximum Gasteiger partial charge on any atom is 0.198 e. The highest BCUT2D eigenvalue weighted by Crippen LogP contribution is 2.27. The Morgan fingerprint density at radius 3 is 1.70 bits per heavy atom. The molecule has 0 aliphatic carbocycles. The lowest BCUT2D eigenvalue weighted by atomic mass is 10.3. The largest absolute Gasteiger partial charge is 0.451 e. The van der Waals surface area contributed by atoms with Gasteiger partial charge in [0.15, 0.2) is 17.4 Å². The zero-order chi connectivity index (χ0) is 15.5. The minimum Gasteiger partial charge on any atom is -0.451 e. The van der Waals surface area contributed by atoms with E-state index in [1.807, 2.05) is 27.7 Å². The number of nitrogens with two attached hydrogens (primary N) is 1. The Hall–Kier alpha value is -2.10. The number of benzene rings is 2. The topological polar surface area (TPSA) is 35.2 Å². The van der Waals surface area contributed by atoms with Crippen molar-refractivity contribution in [2.45, 2.75) is 27.7 Å². The number of nitrogen functional groups attached to an aromatic ring is 1. The van der Waals surface area contributed by atoms with E-state index in [4.69, 9.17) is 10.5 Å². The van der Waals surface area contributed by atoms with Gasteiger partial charge in [0, 0.05) is 5.69 Å². The molecule has 0 saturated carbocycles. The van der Waals surface area contributed by atoms with Gasteiger partial charge in [-0.3, -0.25) is 0 Å². The zero-order valence-electron chi connectivity index (χ0n) is 12.3. The van der Waals surface area contributed by atoms with Crippen LogP contribution in [0.4, 0.5) is 14.5 Å². The van der Waals surface area contributed by atoms with Crippen molar-refractivity contribution in [3.63, 3.8) is 0 Å². The molecule has 0 saturated heterocycles. The van der Waals surface area contributed by atoms with Gasteiger partial charge in [0.25, 0.3) is 0 Å². The van der Waals surface area contributed by atoms with E-state index < -0.39 is 17.4 Å². The maximum atomic E-state index is 13.2. The van der Waals surface area contributed by atoms with Gasteiger partial charge in [-0.1, -0.05) is 33.8 Å². The fraction of sp³-hybridized carbons (Fsp3) is 0.250. The van der Waals surface area contributed by atoms with Crippen molar-refractivity contribution >= 4 is 5.69 Å². The first kappa shape index (κ1) is 17.9. The van der Waals surface area contributed by atoms with E-state index in [9.17, 15) is 8.78 Å². The van der Waals surface area contributed by atoms with Gasteiger partial charge in [-0.2, -0.15) is 0 Å². The third-order valence-electron chi connectivity index (χ3n) is 2.02. The lowest BCUT2D eigenvalue weighted by Crippen LogP contribution is -1.92. The molecule has 2 rings (SSSR count). The Labute approximate surface area is 119 Å². The van der Waals surface area contributed by atoms with Crippen molar-refractivity contribution < 1.29 is 13.5 Å². The number of anilines is 1. The van der Waals surface area contributed by atoms with Crippen LogP contribution in [0.5, 0.6) is 11.5 Å². The molecule has 20 heavy (non-hydrogen) atoms. The van der Waals surface area contributed by atoms with Gasteiger partial charge in [0.05, 0.1) is 0 Å². The van der Waals surface area contributed by atoms with Gasteiger partial charge in [-0.25, -0.2) is 8.78 Å². The Morgan fingerprint density at radius 1 is 0.800 bits per heavy atom. The average molecular weight is 281 g/mol. The second-order valence-electron chi connectivity index (χ2n) is 3.22. The highest BCUT2D eigenvalue weighted by molar-refractivity contribution is 5.43. The predicted molar refractivity (Wildman–Crippen MR) is 80.0 cm³/mol. The van der Waals surface area contributed by atoms with E-state index >= 15 is 0 Å². The Balaban J connectivity index is 0.000000829. The van der Waals surface area contributed by atoms with Crippen LogP contribution in [-0.2, 0) is 0 Å². The van der Waals surface area contributed by atoms with Crippen LogP contribution in [0.1, 0.15) is 27.7 Å². The third kappa shape index (κ3) is 5.26. The number of ether oxygens (including phenoxy) is 1. The smallest absolute Gasteiger partial charge is 0.198 e. The van der Waals surface area contributed by atoms with Gasteiger partial charge in [-0.05, 0) is 36.4 Å². The number of rotatable bonds is 2. The van der Waals surface area contributed by atoms with Crippen LogP contribution in [0.25, 0.3) is 0 Å². The summed E-state index contributed by atoms with van der Waals surface area (Å²) in [6.07, 6.45) is 0. The van der Waals surface area contributed by atoms with Crippen LogP contribution in [0, 0.1) is 11.6 Å². The molecule has 0 bridgehead atoms. The van der Waals surface area contributed by atoms with E-state index in [1.54, 1.807) is 24.3 Å². The molecule has 0 aliphatic rings. The zero-order valence-corrected chi connectivity index (χ0v) is 12.3. The van der Waals surface area contributed by atoms with E-state index in [2.05, 4.69) is 0 Å². The number of para-hydroxylation sites is 1. The molecule has 0 unspecified atom stereocenters. The summed E-state index contributed by atoms with van der Waals surface area (Å²) in [4.78, 5) is 0. The second-order valence-corrected chi connectivity index (χ2v) is 3.22. The third-order valence-corrected chi connectivity index (χ3v) is 2.02. The van der Waals surface area contributed by atoms with Crippen molar-refractivity contribution in [2.75, 3.05) is 5.73 Å². The summed E-state index contributed by atoms with van der Waals surface area (Å²) < 4.78 is 31.5. The molecule has 0 fully saturated rings. The number of hydrogen-bond acceptors (Lipinski definition) is 2. The Morgan fingerprint density at radius 2 is 1.25 bits per heavy atom. The van der Waals surface area contributed by atoms with Gasteiger partial charge in [-0.15, -0.1) is 0 Å². The normalized spacial score (nSPS) is 8.70. The van der Waals surface area contributed by atoms with Gasteiger partial charge < -0.3 is 10.5 Å². The summed E-state index contributed by atoms with van der Waals surface area (Å²) >= 11 is 0. The molecule has 0 aliphatic heterocycles. The van der Waals surface area contributed by atoms with Gasteiger partial charge in [0.1, 0.15) is 5.75 Å². The summed E-state index contributed by atoms with van der Waals surface area (Å²) in [7, 11) is 0. The fourth-order valence-corrected chi connectivity index (χ4v) is 1.23. The lowest BCUT2D eigenvalue weighted by Gasteiger charge is -2.07. The minimum atomic E-state index is -0.739. The van der Waals surface area contributed by atoms with Crippen LogP contribution >= 0.6 is 0 Å². The molecule has 2 aromatic carbocycles. The first-order valence-corrected chi connectivity index (χ1v) is 6.64. The standard InChI is InChI=1S/C12H9F2NO.2C2H6/c13-10-2-1-3-11(14)12(10)16-9-6-4-8(15)5-7-9;2*1-2/h1-7H,15H2;2*1-2H3. The van der Waals surface area contributed by atoms with Crippen LogP contribution in [-0.4, -0.2) is 0 Å². The van der Waals surface area contributed by atoms with Crippen molar-refractivity contribution in [2.24, 2.45) is 0 Å². The Bertz CT molecular complexity index is 478.